The molecule has 0 unspecified atom stereocenters. The van der Waals surface area contributed by atoms with Crippen molar-refractivity contribution >= 4 is 11.8 Å². The summed E-state index contributed by atoms with van der Waals surface area (Å²) in [7, 11) is 0. The molecule has 1 aromatic rings. The van der Waals surface area contributed by atoms with Gasteiger partial charge in [-0.25, -0.2) is 0 Å². The molecular weight excluding hydrogens is 120 g/mol. The van der Waals surface area contributed by atoms with Crippen molar-refractivity contribution in [1.82, 2.24) is 0 Å². The smallest absolute Gasteiger partial charge is 0.254 e. The molecule has 4 N–H and O–H groups in total. The molecule has 0 atom stereocenters. The first kappa shape index (κ1) is 5.68. The number of carbonyl (C=O) groups is 1. The second-order valence-corrected chi connectivity index (χ2v) is 1.56. The van der Waals surface area contributed by atoms with Gasteiger partial charge in [-0.3, -0.25) is 4.79 Å². The molecular formula is C5H6N2O2. The van der Waals surface area contributed by atoms with Crippen molar-refractivity contribution in [2.24, 2.45) is 5.73 Å². The zero-order valence-corrected chi connectivity index (χ0v) is 4.63. The van der Waals surface area contributed by atoms with Crippen LogP contribution in [0.1, 0.15) is 10.4 Å². The summed E-state index contributed by atoms with van der Waals surface area (Å²) in [6, 6.07) is 1.43. The molecule has 1 heterocycles. The summed E-state index contributed by atoms with van der Waals surface area (Å²) in [5.74, 6) is -0.497. The molecule has 0 aliphatic carbocycles. The Labute approximate surface area is 51.4 Å². The molecule has 48 valence electrons. The predicted molar refractivity (Wildman–Crippen MR) is 31.6 cm³/mol. The van der Waals surface area contributed by atoms with E-state index in [9.17, 15) is 4.79 Å². The van der Waals surface area contributed by atoms with Crippen LogP contribution in [-0.2, 0) is 0 Å². The Morgan fingerprint density at radius 2 is 2.33 bits per heavy atom. The van der Waals surface area contributed by atoms with Crippen molar-refractivity contribution in [1.29, 1.82) is 0 Å². The van der Waals surface area contributed by atoms with Crippen LogP contribution in [-0.4, -0.2) is 5.91 Å². The first-order chi connectivity index (χ1) is 4.22. The molecule has 0 aromatic carbocycles. The third kappa shape index (κ3) is 0.861. The Bertz CT molecular complexity index is 229. The van der Waals surface area contributed by atoms with Gasteiger partial charge in [0.15, 0.2) is 0 Å². The molecule has 0 aliphatic rings. The molecule has 0 aliphatic heterocycles. The van der Waals surface area contributed by atoms with Gasteiger partial charge in [0, 0.05) is 0 Å². The number of nitrogens with two attached hydrogens (primary N) is 2. The Morgan fingerprint density at radius 3 is 2.56 bits per heavy atom. The van der Waals surface area contributed by atoms with Gasteiger partial charge in [-0.15, -0.1) is 0 Å². The topological polar surface area (TPSA) is 82.2 Å². The van der Waals surface area contributed by atoms with Crippen molar-refractivity contribution < 1.29 is 9.21 Å². The maximum absolute atomic E-state index is 10.4. The number of amides is 1. The van der Waals surface area contributed by atoms with Crippen LogP contribution >= 0.6 is 0 Å². The largest absolute Gasteiger partial charge is 0.448 e. The summed E-state index contributed by atoms with van der Waals surface area (Å²) in [5.41, 5.74) is 10.3. The van der Waals surface area contributed by atoms with Crippen molar-refractivity contribution in [3.05, 3.63) is 17.9 Å². The summed E-state index contributed by atoms with van der Waals surface area (Å²) >= 11 is 0. The van der Waals surface area contributed by atoms with E-state index in [1.165, 1.54) is 12.3 Å². The van der Waals surface area contributed by atoms with Crippen LogP contribution in [0.4, 0.5) is 5.88 Å². The van der Waals surface area contributed by atoms with Gasteiger partial charge in [-0.1, -0.05) is 0 Å². The normalized spacial score (nSPS) is 9.33. The standard InChI is InChI=1S/C5H6N2O2/c6-4(8)3-1-2-9-5(3)7/h1-2H,7H2,(H2,6,8). The Morgan fingerprint density at radius 1 is 1.67 bits per heavy atom. The summed E-state index contributed by atoms with van der Waals surface area (Å²) in [6.45, 7) is 0. The van der Waals surface area contributed by atoms with E-state index < -0.39 is 5.91 Å². The van der Waals surface area contributed by atoms with E-state index in [1.807, 2.05) is 0 Å². The van der Waals surface area contributed by atoms with E-state index in [4.69, 9.17) is 11.5 Å². The maximum Gasteiger partial charge on any atom is 0.254 e. The fraction of sp³-hybridized carbons (Fsp3) is 0. The van der Waals surface area contributed by atoms with Gasteiger partial charge in [-0.05, 0) is 6.07 Å². The monoisotopic (exact) mass is 126 g/mol. The number of hydrogen-bond donors (Lipinski definition) is 2. The molecule has 0 spiro atoms. The van der Waals surface area contributed by atoms with E-state index in [1.54, 1.807) is 0 Å². The zero-order chi connectivity index (χ0) is 6.85. The Kier molecular flexibility index (Phi) is 1.14. The number of anilines is 1. The SMILES string of the molecule is NC(=O)c1ccoc1N. The van der Waals surface area contributed by atoms with Crippen LogP contribution in [0.3, 0.4) is 0 Å². The van der Waals surface area contributed by atoms with E-state index >= 15 is 0 Å². The van der Waals surface area contributed by atoms with E-state index in [0.29, 0.717) is 0 Å². The highest BCUT2D eigenvalue weighted by Crippen LogP contribution is 2.09. The van der Waals surface area contributed by atoms with Gasteiger partial charge < -0.3 is 15.9 Å². The van der Waals surface area contributed by atoms with E-state index in [0.717, 1.165) is 0 Å². The Hall–Kier alpha value is -1.45. The first-order valence-corrected chi connectivity index (χ1v) is 2.34. The summed E-state index contributed by atoms with van der Waals surface area (Å²) in [4.78, 5) is 10.4. The summed E-state index contributed by atoms with van der Waals surface area (Å²) in [6.07, 6.45) is 1.31. The number of carbonyl (C=O) groups excluding carboxylic acids is 1. The summed E-state index contributed by atoms with van der Waals surface area (Å²) < 4.78 is 4.60. The van der Waals surface area contributed by atoms with Gasteiger partial charge in [0.2, 0.25) is 5.88 Å². The number of rotatable bonds is 1. The highest BCUT2D eigenvalue weighted by Gasteiger charge is 2.06. The van der Waals surface area contributed by atoms with Crippen molar-refractivity contribution in [2.75, 3.05) is 5.73 Å². The Balaban J connectivity index is 3.08. The first-order valence-electron chi connectivity index (χ1n) is 2.34. The second kappa shape index (κ2) is 1.81. The molecule has 1 amide bonds. The third-order valence-corrected chi connectivity index (χ3v) is 0.961. The van der Waals surface area contributed by atoms with E-state index in [-0.39, 0.29) is 11.4 Å². The molecule has 0 fully saturated rings. The number of primary amides is 1. The highest BCUT2D eigenvalue weighted by molar-refractivity contribution is 5.96. The van der Waals surface area contributed by atoms with Gasteiger partial charge in [0.25, 0.3) is 5.91 Å². The maximum atomic E-state index is 10.4. The molecule has 9 heavy (non-hydrogen) atoms. The van der Waals surface area contributed by atoms with Gasteiger partial charge in [0.1, 0.15) is 5.56 Å². The molecule has 1 aromatic heterocycles. The van der Waals surface area contributed by atoms with Crippen LogP contribution < -0.4 is 11.5 Å². The molecule has 0 saturated heterocycles. The highest BCUT2D eigenvalue weighted by atomic mass is 16.3. The summed E-state index contributed by atoms with van der Waals surface area (Å²) in [5, 5.41) is 0. The fourth-order valence-electron chi connectivity index (χ4n) is 0.525. The van der Waals surface area contributed by atoms with Crippen molar-refractivity contribution in [3.8, 4) is 0 Å². The van der Waals surface area contributed by atoms with Gasteiger partial charge in [-0.2, -0.15) is 0 Å². The van der Waals surface area contributed by atoms with Gasteiger partial charge >= 0.3 is 0 Å². The number of nitrogen functional groups attached to an aromatic ring is 1. The lowest BCUT2D eigenvalue weighted by Gasteiger charge is -1.86. The van der Waals surface area contributed by atoms with Crippen molar-refractivity contribution in [3.63, 3.8) is 0 Å². The number of furan rings is 1. The minimum atomic E-state index is -0.568. The lowest BCUT2D eigenvalue weighted by Crippen LogP contribution is -2.11. The molecule has 0 radical (unpaired) electrons. The second-order valence-electron chi connectivity index (χ2n) is 1.56. The van der Waals surface area contributed by atoms with Crippen LogP contribution in [0.25, 0.3) is 0 Å². The molecule has 4 heteroatoms. The van der Waals surface area contributed by atoms with Crippen LogP contribution in [0.5, 0.6) is 0 Å². The average Bonchev–Trinajstić information content (AvgIpc) is 2.13. The lowest BCUT2D eigenvalue weighted by molar-refractivity contribution is 0.100. The lowest BCUT2D eigenvalue weighted by atomic mass is 10.3. The minimum Gasteiger partial charge on any atom is -0.448 e. The van der Waals surface area contributed by atoms with E-state index in [2.05, 4.69) is 4.42 Å². The fourth-order valence-corrected chi connectivity index (χ4v) is 0.525. The minimum absolute atomic E-state index is 0.0718. The third-order valence-electron chi connectivity index (χ3n) is 0.961. The molecule has 0 saturated carbocycles. The van der Waals surface area contributed by atoms with Crippen molar-refractivity contribution in [2.45, 2.75) is 0 Å². The number of hydrogen-bond acceptors (Lipinski definition) is 3. The van der Waals surface area contributed by atoms with Gasteiger partial charge in [0.05, 0.1) is 6.26 Å². The zero-order valence-electron chi connectivity index (χ0n) is 4.63. The average molecular weight is 126 g/mol. The molecule has 4 nitrogen and oxygen atoms in total. The molecule has 1 rings (SSSR count). The predicted octanol–water partition coefficient (Wildman–Crippen LogP) is -0.0393. The molecule has 0 bridgehead atoms. The van der Waals surface area contributed by atoms with Crippen LogP contribution in [0, 0.1) is 0 Å². The van der Waals surface area contributed by atoms with Crippen LogP contribution in [0.15, 0.2) is 16.7 Å². The van der Waals surface area contributed by atoms with Crippen LogP contribution in [0.2, 0.25) is 0 Å². The quantitative estimate of drug-likeness (QED) is 0.553.